The van der Waals surface area contributed by atoms with Gasteiger partial charge in [-0.3, -0.25) is 14.2 Å². The summed E-state index contributed by atoms with van der Waals surface area (Å²) in [4.78, 5) is 31.4. The van der Waals surface area contributed by atoms with Gasteiger partial charge in [0.05, 0.1) is 23.8 Å². The van der Waals surface area contributed by atoms with Crippen molar-refractivity contribution in [3.05, 3.63) is 76.5 Å². The number of hydrogen-bond acceptors (Lipinski definition) is 5. The Morgan fingerprint density at radius 2 is 1.73 bits per heavy atom. The molecule has 174 valence electrons. The quantitative estimate of drug-likeness (QED) is 0.564. The van der Waals surface area contributed by atoms with E-state index in [-0.39, 0.29) is 11.4 Å². The average Bonchev–Trinajstić information content (AvgIpc) is 2.72. The lowest BCUT2D eigenvalue weighted by atomic mass is 10.2. The second kappa shape index (κ2) is 8.88. The van der Waals surface area contributed by atoms with Crippen LogP contribution >= 0.6 is 0 Å². The maximum absolute atomic E-state index is 13.5. The van der Waals surface area contributed by atoms with E-state index in [1.54, 1.807) is 0 Å². The fourth-order valence-electron chi connectivity index (χ4n) is 2.56. The summed E-state index contributed by atoms with van der Waals surface area (Å²) in [6, 6.07) is 4.76. The third-order valence-corrected chi connectivity index (χ3v) is 3.93. The summed E-state index contributed by atoms with van der Waals surface area (Å²) in [5, 5.41) is 2.14. The molecule has 0 bridgehead atoms. The average molecular weight is 476 g/mol. The molecule has 0 aliphatic heterocycles. The van der Waals surface area contributed by atoms with E-state index in [9.17, 15) is 40.3 Å². The molecule has 0 aliphatic carbocycles. The van der Waals surface area contributed by atoms with E-state index in [1.165, 1.54) is 6.07 Å². The van der Waals surface area contributed by atoms with Crippen molar-refractivity contribution in [1.29, 1.82) is 0 Å². The number of carbonyl (C=O) groups excluding carboxylic acids is 1. The number of amides is 1. The second-order valence-electron chi connectivity index (χ2n) is 6.36. The Bertz CT molecular complexity index is 1220. The first kappa shape index (κ1) is 23.7. The maximum atomic E-state index is 13.5. The number of rotatable bonds is 5. The number of hydrogen-bond donors (Lipinski definition) is 1. The largest absolute Gasteiger partial charge is 0.482 e. The summed E-state index contributed by atoms with van der Waals surface area (Å²) in [5.74, 6) is -4.04. The van der Waals surface area contributed by atoms with Crippen molar-refractivity contribution in [3.63, 3.8) is 0 Å². The number of alkyl halides is 6. The molecule has 0 radical (unpaired) electrons. The Morgan fingerprint density at radius 3 is 2.33 bits per heavy atom. The molecule has 2 aromatic heterocycles. The molecule has 1 amide bonds. The van der Waals surface area contributed by atoms with Crippen LogP contribution in [0.2, 0.25) is 0 Å². The molecule has 0 saturated heterocycles. The van der Waals surface area contributed by atoms with Gasteiger partial charge in [-0.05, 0) is 24.3 Å². The summed E-state index contributed by atoms with van der Waals surface area (Å²) >= 11 is 0. The van der Waals surface area contributed by atoms with Crippen molar-refractivity contribution < 1.29 is 40.3 Å². The first-order valence-electron chi connectivity index (χ1n) is 8.77. The number of benzene rings is 1. The van der Waals surface area contributed by atoms with Crippen molar-refractivity contribution in [2.75, 3.05) is 11.9 Å². The smallest absolute Gasteiger partial charge is 0.451 e. The van der Waals surface area contributed by atoms with Gasteiger partial charge < -0.3 is 10.1 Å². The molecule has 14 heteroatoms. The van der Waals surface area contributed by atoms with E-state index in [0.29, 0.717) is 18.5 Å². The van der Waals surface area contributed by atoms with E-state index >= 15 is 0 Å². The van der Waals surface area contributed by atoms with Gasteiger partial charge in [0.25, 0.3) is 11.5 Å². The second-order valence-corrected chi connectivity index (χ2v) is 6.36. The van der Waals surface area contributed by atoms with Gasteiger partial charge in [0.15, 0.2) is 6.61 Å². The van der Waals surface area contributed by atoms with E-state index in [2.05, 4.69) is 20.0 Å². The maximum Gasteiger partial charge on any atom is 0.451 e. The van der Waals surface area contributed by atoms with Crippen LogP contribution < -0.4 is 15.6 Å². The summed E-state index contributed by atoms with van der Waals surface area (Å²) in [5.41, 5.74) is -2.08. The lowest BCUT2D eigenvalue weighted by Crippen LogP contribution is -2.28. The van der Waals surface area contributed by atoms with Crippen molar-refractivity contribution >= 4 is 11.6 Å². The molecule has 0 unspecified atom stereocenters. The number of pyridine rings is 1. The number of aromatic nitrogens is 3. The fourth-order valence-corrected chi connectivity index (χ4v) is 2.56. The molecule has 1 aromatic carbocycles. The molecule has 2 heterocycles. The normalized spacial score (nSPS) is 11.8. The number of carbonyl (C=O) groups is 1. The van der Waals surface area contributed by atoms with Gasteiger partial charge in [0, 0.05) is 12.3 Å². The van der Waals surface area contributed by atoms with Crippen molar-refractivity contribution in [2.45, 2.75) is 12.4 Å². The van der Waals surface area contributed by atoms with Crippen LogP contribution in [0.4, 0.5) is 36.4 Å². The zero-order valence-corrected chi connectivity index (χ0v) is 16.0. The molecule has 3 aromatic rings. The Hall–Kier alpha value is -3.97. The predicted molar refractivity (Wildman–Crippen MR) is 98.5 cm³/mol. The van der Waals surface area contributed by atoms with Gasteiger partial charge in [-0.25, -0.2) is 14.4 Å². The van der Waals surface area contributed by atoms with Gasteiger partial charge >= 0.3 is 12.4 Å². The summed E-state index contributed by atoms with van der Waals surface area (Å²) in [6.45, 7) is -1.76. The zero-order chi connectivity index (χ0) is 24.4. The summed E-state index contributed by atoms with van der Waals surface area (Å²) in [7, 11) is 0. The number of halogens is 7. The molecule has 1 N–H and O–H groups in total. The number of anilines is 1. The van der Waals surface area contributed by atoms with Crippen LogP contribution in [0.25, 0.3) is 5.69 Å². The van der Waals surface area contributed by atoms with Crippen LogP contribution in [0.1, 0.15) is 16.2 Å². The van der Waals surface area contributed by atoms with Gasteiger partial charge in [0.2, 0.25) is 5.82 Å². The number of nitrogens with zero attached hydrogens (tertiary/aromatic N) is 3. The lowest BCUT2D eigenvalue weighted by molar-refractivity contribution is -0.153. The Kier molecular flexibility index (Phi) is 6.37. The summed E-state index contributed by atoms with van der Waals surface area (Å²) < 4.78 is 94.0. The van der Waals surface area contributed by atoms with Gasteiger partial charge in [-0.1, -0.05) is 0 Å². The van der Waals surface area contributed by atoms with Crippen LogP contribution in [-0.2, 0) is 6.18 Å². The first-order valence-corrected chi connectivity index (χ1v) is 8.77. The minimum absolute atomic E-state index is 0.251. The van der Waals surface area contributed by atoms with Gasteiger partial charge in [0.1, 0.15) is 17.1 Å². The Labute approximate surface area is 179 Å². The molecule has 0 saturated carbocycles. The molecule has 0 fully saturated rings. The molecular weight excluding hydrogens is 465 g/mol. The number of ether oxygens (including phenoxy) is 1. The van der Waals surface area contributed by atoms with E-state index in [0.717, 1.165) is 29.0 Å². The minimum Gasteiger partial charge on any atom is -0.482 e. The van der Waals surface area contributed by atoms with Crippen LogP contribution in [-0.4, -0.2) is 33.2 Å². The van der Waals surface area contributed by atoms with Crippen molar-refractivity contribution in [3.8, 4) is 11.4 Å². The molecule has 33 heavy (non-hydrogen) atoms. The van der Waals surface area contributed by atoms with E-state index < -0.39 is 53.4 Å². The van der Waals surface area contributed by atoms with E-state index in [1.807, 2.05) is 0 Å². The summed E-state index contributed by atoms with van der Waals surface area (Å²) in [6.07, 6.45) is -7.07. The van der Waals surface area contributed by atoms with E-state index in [4.69, 9.17) is 0 Å². The third kappa shape index (κ3) is 5.84. The van der Waals surface area contributed by atoms with Crippen LogP contribution in [0, 0.1) is 5.82 Å². The molecule has 0 spiro atoms. The molecule has 0 atom stereocenters. The predicted octanol–water partition coefficient (Wildman–Crippen LogP) is 3.98. The van der Waals surface area contributed by atoms with Crippen LogP contribution in [0.15, 0.2) is 53.7 Å². The Balaban J connectivity index is 1.91. The molecular formula is C19H11F7N4O3. The molecule has 7 nitrogen and oxygen atoms in total. The third-order valence-electron chi connectivity index (χ3n) is 3.93. The van der Waals surface area contributed by atoms with Gasteiger partial charge in [-0.15, -0.1) is 0 Å². The fraction of sp³-hybridized carbons (Fsp3) is 0.158. The van der Waals surface area contributed by atoms with Crippen LogP contribution in [0.5, 0.6) is 5.75 Å². The highest BCUT2D eigenvalue weighted by Crippen LogP contribution is 2.27. The highest BCUT2D eigenvalue weighted by Gasteiger charge is 2.34. The van der Waals surface area contributed by atoms with Gasteiger partial charge in [-0.2, -0.15) is 26.3 Å². The minimum atomic E-state index is -4.79. The standard InChI is InChI=1S/C19H11F7N4O3/c20-10-3-4-13(14(6-10)33-9-18(21,22)23)30-5-1-2-12(16(30)32)15(31)29-11-7-27-17(28-8-11)19(24,25)26/h1-8H,9H2,(H,29,31). The molecule has 3 rings (SSSR count). The number of nitrogens with one attached hydrogen (secondary N) is 1. The van der Waals surface area contributed by atoms with Crippen LogP contribution in [0.3, 0.4) is 0 Å². The highest BCUT2D eigenvalue weighted by molar-refractivity contribution is 6.03. The zero-order valence-electron chi connectivity index (χ0n) is 16.0. The topological polar surface area (TPSA) is 86.1 Å². The SMILES string of the molecule is O=C(Nc1cnc(C(F)(F)F)nc1)c1cccn(-c2ccc(F)cc2OCC(F)(F)F)c1=O. The first-order chi connectivity index (χ1) is 15.3. The lowest BCUT2D eigenvalue weighted by Gasteiger charge is -2.15. The molecule has 0 aliphatic rings. The monoisotopic (exact) mass is 476 g/mol. The highest BCUT2D eigenvalue weighted by atomic mass is 19.4. The van der Waals surface area contributed by atoms with Crippen molar-refractivity contribution in [1.82, 2.24) is 14.5 Å². The van der Waals surface area contributed by atoms with Crippen molar-refractivity contribution in [2.24, 2.45) is 0 Å². The Morgan fingerprint density at radius 1 is 1.06 bits per heavy atom.